The fraction of sp³-hybridized carbons (Fsp3) is 0. The van der Waals surface area contributed by atoms with Gasteiger partial charge in [-0.3, -0.25) is 4.79 Å². The molecular weight excluding hydrogens is 368 g/mol. The molecule has 0 unspecified atom stereocenters. The quantitative estimate of drug-likeness (QED) is 0.266. The molecular formula is C23H16N2O4. The monoisotopic (exact) mass is 384 g/mol. The number of hydrogen-bond donors (Lipinski definition) is 3. The summed E-state index contributed by atoms with van der Waals surface area (Å²) in [5.74, 6) is -1.69. The summed E-state index contributed by atoms with van der Waals surface area (Å²) >= 11 is 0. The van der Waals surface area contributed by atoms with Crippen LogP contribution in [0.3, 0.4) is 0 Å². The van der Waals surface area contributed by atoms with Crippen LogP contribution < -0.4 is 0 Å². The highest BCUT2D eigenvalue weighted by Gasteiger charge is 2.24. The van der Waals surface area contributed by atoms with Gasteiger partial charge in [0.15, 0.2) is 0 Å². The van der Waals surface area contributed by atoms with Gasteiger partial charge in [0.25, 0.3) is 0 Å². The van der Waals surface area contributed by atoms with Crippen LogP contribution >= 0.6 is 0 Å². The van der Waals surface area contributed by atoms with E-state index in [2.05, 4.69) is 9.97 Å². The topological polar surface area (TPSA) is 103 Å². The molecule has 1 aromatic heterocycles. The van der Waals surface area contributed by atoms with Crippen molar-refractivity contribution in [1.82, 2.24) is 9.97 Å². The Morgan fingerprint density at radius 1 is 0.759 bits per heavy atom. The number of aromatic carboxylic acids is 1. The number of aromatic amines is 1. The number of carboxylic acids is 1. The molecule has 0 radical (unpaired) electrons. The van der Waals surface area contributed by atoms with Gasteiger partial charge in [-0.15, -0.1) is 0 Å². The Morgan fingerprint density at radius 2 is 1.38 bits per heavy atom. The lowest BCUT2D eigenvalue weighted by Crippen LogP contribution is -2.07. The van der Waals surface area contributed by atoms with E-state index in [1.54, 1.807) is 72.8 Å². The molecule has 0 bridgehead atoms. The first-order valence-corrected chi connectivity index (χ1v) is 8.87. The number of aromatic nitrogens is 2. The molecule has 0 amide bonds. The van der Waals surface area contributed by atoms with Crippen molar-refractivity contribution in [3.63, 3.8) is 0 Å². The molecule has 6 nitrogen and oxygen atoms in total. The Kier molecular flexibility index (Phi) is 4.66. The Hall–Kier alpha value is -4.19. The molecule has 0 aliphatic rings. The number of aliphatic hydroxyl groups is 1. The van der Waals surface area contributed by atoms with Crippen molar-refractivity contribution in [1.29, 1.82) is 0 Å². The largest absolute Gasteiger partial charge is 0.506 e. The number of carbonyl (C=O) groups is 2. The Labute approximate surface area is 165 Å². The normalized spacial score (nSPS) is 11.9. The van der Waals surface area contributed by atoms with Crippen LogP contribution in [0.25, 0.3) is 22.4 Å². The van der Waals surface area contributed by atoms with Crippen molar-refractivity contribution in [2.75, 3.05) is 0 Å². The van der Waals surface area contributed by atoms with Gasteiger partial charge in [0.2, 0.25) is 5.78 Å². The van der Waals surface area contributed by atoms with Crippen molar-refractivity contribution in [3.05, 3.63) is 101 Å². The lowest BCUT2D eigenvalue weighted by atomic mass is 9.99. The number of fused-ring (bicyclic) bond motifs is 1. The van der Waals surface area contributed by atoms with Crippen molar-refractivity contribution in [3.8, 4) is 0 Å². The predicted molar refractivity (Wildman–Crippen MR) is 110 cm³/mol. The van der Waals surface area contributed by atoms with Gasteiger partial charge in [-0.05, 0) is 12.1 Å². The van der Waals surface area contributed by atoms with Crippen LogP contribution in [0.15, 0.2) is 78.9 Å². The van der Waals surface area contributed by atoms with E-state index in [1.807, 2.05) is 0 Å². The minimum absolute atomic E-state index is 0.00992. The first-order chi connectivity index (χ1) is 14.1. The van der Waals surface area contributed by atoms with Gasteiger partial charge in [0.05, 0.1) is 11.1 Å². The van der Waals surface area contributed by atoms with Gasteiger partial charge in [0, 0.05) is 11.1 Å². The summed E-state index contributed by atoms with van der Waals surface area (Å²) in [5, 5.41) is 20.4. The van der Waals surface area contributed by atoms with Crippen molar-refractivity contribution < 1.29 is 19.8 Å². The second-order valence-corrected chi connectivity index (χ2v) is 6.38. The fourth-order valence-corrected chi connectivity index (χ4v) is 3.12. The summed E-state index contributed by atoms with van der Waals surface area (Å²) < 4.78 is 0. The lowest BCUT2D eigenvalue weighted by molar-refractivity contribution is 0.0698. The molecule has 3 N–H and O–H groups in total. The van der Waals surface area contributed by atoms with E-state index in [-0.39, 0.29) is 28.2 Å². The SMILES string of the molecule is O=C(/C(=C(\O)c1ccccc1)c1nc2c(C(=O)O)cccc2[nH]1)c1ccccc1. The molecule has 0 spiro atoms. The zero-order valence-corrected chi connectivity index (χ0v) is 15.2. The number of hydrogen-bond acceptors (Lipinski definition) is 4. The Balaban J connectivity index is 1.97. The number of H-pyrrole nitrogens is 1. The van der Waals surface area contributed by atoms with Crippen LogP contribution in [-0.4, -0.2) is 31.9 Å². The second-order valence-electron chi connectivity index (χ2n) is 6.38. The highest BCUT2D eigenvalue weighted by molar-refractivity contribution is 6.33. The third kappa shape index (κ3) is 3.39. The number of benzene rings is 3. The minimum Gasteiger partial charge on any atom is -0.506 e. The van der Waals surface area contributed by atoms with Gasteiger partial charge in [-0.2, -0.15) is 0 Å². The molecule has 0 aliphatic heterocycles. The molecule has 4 rings (SSSR count). The molecule has 6 heteroatoms. The van der Waals surface area contributed by atoms with Gasteiger partial charge < -0.3 is 15.2 Å². The van der Waals surface area contributed by atoms with Gasteiger partial charge >= 0.3 is 5.97 Å². The fourth-order valence-electron chi connectivity index (χ4n) is 3.12. The highest BCUT2D eigenvalue weighted by atomic mass is 16.4. The van der Waals surface area contributed by atoms with Gasteiger partial charge in [-0.25, -0.2) is 9.78 Å². The summed E-state index contributed by atoms with van der Waals surface area (Å²) in [7, 11) is 0. The summed E-state index contributed by atoms with van der Waals surface area (Å²) in [5.41, 5.74) is 1.48. The van der Waals surface area contributed by atoms with Gasteiger partial charge in [0.1, 0.15) is 22.7 Å². The predicted octanol–water partition coefficient (Wildman–Crippen LogP) is 4.57. The Morgan fingerprint density at radius 3 is 2.00 bits per heavy atom. The average molecular weight is 384 g/mol. The zero-order chi connectivity index (χ0) is 20.4. The lowest BCUT2D eigenvalue weighted by Gasteiger charge is -2.09. The van der Waals surface area contributed by atoms with Crippen LogP contribution in [0.5, 0.6) is 0 Å². The number of nitrogens with zero attached hydrogens (tertiary/aromatic N) is 1. The summed E-state index contributed by atoms with van der Waals surface area (Å²) in [6.07, 6.45) is 0. The number of Topliss-reactive ketones (excluding diaryl/α,β-unsaturated/α-hetero) is 1. The summed E-state index contributed by atoms with van der Waals surface area (Å²) in [4.78, 5) is 32.1. The smallest absolute Gasteiger partial charge is 0.337 e. The van der Waals surface area contributed by atoms with Crippen LogP contribution in [0, 0.1) is 0 Å². The number of imidazole rings is 1. The van der Waals surface area contributed by atoms with Crippen LogP contribution in [0.1, 0.15) is 32.1 Å². The molecule has 1 heterocycles. The number of allylic oxidation sites excluding steroid dienone is 1. The molecule has 0 fully saturated rings. The van der Waals surface area contributed by atoms with Crippen molar-refractivity contribution >= 4 is 34.1 Å². The molecule has 3 aromatic carbocycles. The molecule has 142 valence electrons. The van der Waals surface area contributed by atoms with E-state index in [4.69, 9.17) is 0 Å². The second kappa shape index (κ2) is 7.44. The van der Waals surface area contributed by atoms with Gasteiger partial charge in [-0.1, -0.05) is 66.7 Å². The van der Waals surface area contributed by atoms with Crippen LogP contribution in [-0.2, 0) is 0 Å². The average Bonchev–Trinajstić information content (AvgIpc) is 3.18. The Bertz CT molecular complexity index is 1240. The molecule has 0 atom stereocenters. The molecule has 29 heavy (non-hydrogen) atoms. The standard InChI is InChI=1S/C23H16N2O4/c26-20(14-8-3-1-4-9-14)18(21(27)15-10-5-2-6-11-15)22-24-17-13-7-12-16(23(28)29)19(17)25-22/h1-13,26H,(H,24,25)(H,28,29)/b20-18+. The van der Waals surface area contributed by atoms with Crippen LogP contribution in [0.2, 0.25) is 0 Å². The maximum atomic E-state index is 13.3. The maximum absolute atomic E-state index is 13.3. The third-order valence-electron chi connectivity index (χ3n) is 4.53. The molecule has 0 aliphatic carbocycles. The van der Waals surface area contributed by atoms with E-state index in [1.165, 1.54) is 6.07 Å². The number of nitrogens with one attached hydrogen (secondary N) is 1. The number of rotatable bonds is 5. The highest BCUT2D eigenvalue weighted by Crippen LogP contribution is 2.29. The van der Waals surface area contributed by atoms with Crippen LogP contribution in [0.4, 0.5) is 0 Å². The zero-order valence-electron chi connectivity index (χ0n) is 15.2. The minimum atomic E-state index is -1.12. The molecule has 0 saturated heterocycles. The summed E-state index contributed by atoms with van der Waals surface area (Å²) in [6, 6.07) is 21.9. The third-order valence-corrected chi connectivity index (χ3v) is 4.53. The number of para-hydroxylation sites is 1. The van der Waals surface area contributed by atoms with E-state index in [9.17, 15) is 19.8 Å². The van der Waals surface area contributed by atoms with E-state index >= 15 is 0 Å². The number of carboxylic acid groups (broad SMARTS) is 1. The molecule has 0 saturated carbocycles. The van der Waals surface area contributed by atoms with E-state index < -0.39 is 11.8 Å². The number of aliphatic hydroxyl groups excluding tert-OH is 1. The van der Waals surface area contributed by atoms with Crippen molar-refractivity contribution in [2.24, 2.45) is 0 Å². The van der Waals surface area contributed by atoms with Crippen molar-refractivity contribution in [2.45, 2.75) is 0 Å². The maximum Gasteiger partial charge on any atom is 0.337 e. The first-order valence-electron chi connectivity index (χ1n) is 8.87. The van der Waals surface area contributed by atoms with E-state index in [0.29, 0.717) is 16.6 Å². The molecule has 4 aromatic rings. The summed E-state index contributed by atoms with van der Waals surface area (Å²) in [6.45, 7) is 0. The first kappa shape index (κ1) is 18.2. The number of carbonyl (C=O) groups excluding carboxylic acids is 1. The van der Waals surface area contributed by atoms with E-state index in [0.717, 1.165) is 0 Å². The number of ketones is 1.